The number of hydrogen-bond acceptors (Lipinski definition) is 3. The first-order valence-corrected chi connectivity index (χ1v) is 7.53. The maximum absolute atomic E-state index is 12.3. The molecule has 0 amide bonds. The van der Waals surface area contributed by atoms with Gasteiger partial charge in [0, 0.05) is 11.4 Å². The molecular formula is C16H16F3NOS. The standard InChI is InChI=1S/C16H16F3NOS/c17-16(18,19)22-14-8-6-12(7-9-14)10-20-15(11-21)13-4-2-1-3-5-13/h1-9,15,20-21H,10-11H2. The molecule has 2 aromatic carbocycles. The molecule has 0 bridgehead atoms. The number of nitrogens with one attached hydrogen (secondary N) is 1. The number of aliphatic hydroxyl groups is 1. The van der Waals surface area contributed by atoms with E-state index in [1.54, 1.807) is 12.1 Å². The van der Waals surface area contributed by atoms with E-state index in [-0.39, 0.29) is 29.3 Å². The molecule has 118 valence electrons. The van der Waals surface area contributed by atoms with Crippen molar-refractivity contribution in [3.05, 3.63) is 65.7 Å². The van der Waals surface area contributed by atoms with Crippen LogP contribution < -0.4 is 5.32 Å². The minimum Gasteiger partial charge on any atom is -0.394 e. The summed E-state index contributed by atoms with van der Waals surface area (Å²) in [5, 5.41) is 12.6. The van der Waals surface area contributed by atoms with Crippen LogP contribution in [-0.2, 0) is 6.54 Å². The van der Waals surface area contributed by atoms with Crippen LogP contribution in [0.2, 0.25) is 0 Å². The van der Waals surface area contributed by atoms with Gasteiger partial charge < -0.3 is 10.4 Å². The molecule has 0 aromatic heterocycles. The lowest BCUT2D eigenvalue weighted by Crippen LogP contribution is -2.23. The largest absolute Gasteiger partial charge is 0.446 e. The number of halogens is 3. The summed E-state index contributed by atoms with van der Waals surface area (Å²) < 4.78 is 36.8. The van der Waals surface area contributed by atoms with Gasteiger partial charge in [0.15, 0.2) is 0 Å². The quantitative estimate of drug-likeness (QED) is 0.783. The molecule has 2 nitrogen and oxygen atoms in total. The second-order valence-electron chi connectivity index (χ2n) is 4.72. The van der Waals surface area contributed by atoms with Gasteiger partial charge in [-0.3, -0.25) is 0 Å². The maximum Gasteiger partial charge on any atom is 0.446 e. The molecular weight excluding hydrogens is 311 g/mol. The Morgan fingerprint density at radius 3 is 2.18 bits per heavy atom. The van der Waals surface area contributed by atoms with E-state index in [1.165, 1.54) is 12.1 Å². The van der Waals surface area contributed by atoms with Crippen LogP contribution in [0.1, 0.15) is 17.2 Å². The third-order valence-electron chi connectivity index (χ3n) is 3.09. The van der Waals surface area contributed by atoms with Crippen LogP contribution in [0.5, 0.6) is 0 Å². The molecule has 6 heteroatoms. The lowest BCUT2D eigenvalue weighted by molar-refractivity contribution is -0.0328. The topological polar surface area (TPSA) is 32.3 Å². The van der Waals surface area contributed by atoms with Crippen LogP contribution in [0.15, 0.2) is 59.5 Å². The number of rotatable bonds is 6. The summed E-state index contributed by atoms with van der Waals surface area (Å²) in [5.74, 6) is 0. The minimum atomic E-state index is -4.27. The molecule has 2 N–H and O–H groups in total. The molecule has 0 radical (unpaired) electrons. The van der Waals surface area contributed by atoms with Gasteiger partial charge in [-0.1, -0.05) is 42.5 Å². The Morgan fingerprint density at radius 1 is 1.00 bits per heavy atom. The third-order valence-corrected chi connectivity index (χ3v) is 3.83. The van der Waals surface area contributed by atoms with Crippen LogP contribution in [-0.4, -0.2) is 17.2 Å². The number of aliphatic hydroxyl groups excluding tert-OH is 1. The van der Waals surface area contributed by atoms with Gasteiger partial charge in [-0.05, 0) is 35.0 Å². The van der Waals surface area contributed by atoms with E-state index in [9.17, 15) is 18.3 Å². The van der Waals surface area contributed by atoms with Gasteiger partial charge in [-0.25, -0.2) is 0 Å². The van der Waals surface area contributed by atoms with Crippen LogP contribution in [0, 0.1) is 0 Å². The van der Waals surface area contributed by atoms with Crippen molar-refractivity contribution < 1.29 is 18.3 Å². The van der Waals surface area contributed by atoms with Crippen molar-refractivity contribution in [2.45, 2.75) is 23.0 Å². The molecule has 0 saturated heterocycles. The highest BCUT2D eigenvalue weighted by Gasteiger charge is 2.28. The van der Waals surface area contributed by atoms with Gasteiger partial charge >= 0.3 is 5.51 Å². The lowest BCUT2D eigenvalue weighted by atomic mass is 10.1. The van der Waals surface area contributed by atoms with Crippen molar-refractivity contribution in [1.29, 1.82) is 0 Å². The summed E-state index contributed by atoms with van der Waals surface area (Å²) in [4.78, 5) is 0.165. The van der Waals surface area contributed by atoms with E-state index in [2.05, 4.69) is 5.32 Å². The highest BCUT2D eigenvalue weighted by Crippen LogP contribution is 2.36. The number of hydrogen-bond donors (Lipinski definition) is 2. The minimum absolute atomic E-state index is 0.0496. The van der Waals surface area contributed by atoms with Crippen molar-refractivity contribution in [2.24, 2.45) is 0 Å². The Labute approximate surface area is 131 Å². The summed E-state index contributed by atoms with van der Waals surface area (Å²) in [6, 6.07) is 15.5. The summed E-state index contributed by atoms with van der Waals surface area (Å²) in [7, 11) is 0. The molecule has 0 aliphatic heterocycles. The molecule has 0 aliphatic carbocycles. The first-order chi connectivity index (χ1) is 10.5. The van der Waals surface area contributed by atoms with Gasteiger partial charge in [0.2, 0.25) is 0 Å². The fourth-order valence-corrected chi connectivity index (χ4v) is 2.56. The summed E-state index contributed by atoms with van der Waals surface area (Å²) in [5.41, 5.74) is -2.44. The summed E-state index contributed by atoms with van der Waals surface area (Å²) >= 11 is -0.125. The smallest absolute Gasteiger partial charge is 0.394 e. The Morgan fingerprint density at radius 2 is 1.64 bits per heavy atom. The van der Waals surface area contributed by atoms with Crippen LogP contribution >= 0.6 is 11.8 Å². The summed E-state index contributed by atoms with van der Waals surface area (Å²) in [6.45, 7) is 0.420. The van der Waals surface area contributed by atoms with Crippen molar-refractivity contribution in [1.82, 2.24) is 5.32 Å². The second kappa shape index (κ2) is 7.67. The van der Waals surface area contributed by atoms with Gasteiger partial charge in [0.1, 0.15) is 0 Å². The van der Waals surface area contributed by atoms with Crippen molar-refractivity contribution >= 4 is 11.8 Å². The molecule has 2 rings (SSSR count). The molecule has 2 aromatic rings. The summed E-state index contributed by atoms with van der Waals surface area (Å²) in [6.07, 6.45) is 0. The molecule has 0 heterocycles. The maximum atomic E-state index is 12.3. The molecule has 0 spiro atoms. The zero-order chi connectivity index (χ0) is 16.0. The molecule has 0 fully saturated rings. The van der Waals surface area contributed by atoms with Gasteiger partial charge in [0.05, 0.1) is 12.6 Å². The highest BCUT2D eigenvalue weighted by molar-refractivity contribution is 8.00. The first-order valence-electron chi connectivity index (χ1n) is 6.72. The SMILES string of the molecule is OCC(NCc1ccc(SC(F)(F)F)cc1)c1ccccc1. The Kier molecular flexibility index (Phi) is 5.88. The fraction of sp³-hybridized carbons (Fsp3) is 0.250. The molecule has 22 heavy (non-hydrogen) atoms. The lowest BCUT2D eigenvalue weighted by Gasteiger charge is -2.17. The predicted molar refractivity (Wildman–Crippen MR) is 81.5 cm³/mol. The van der Waals surface area contributed by atoms with E-state index in [0.29, 0.717) is 6.54 Å². The average Bonchev–Trinajstić information content (AvgIpc) is 2.49. The van der Waals surface area contributed by atoms with Gasteiger partial charge in [-0.15, -0.1) is 0 Å². The van der Waals surface area contributed by atoms with E-state index in [4.69, 9.17) is 0 Å². The predicted octanol–water partition coefficient (Wildman–Crippen LogP) is 4.12. The van der Waals surface area contributed by atoms with E-state index >= 15 is 0 Å². The molecule has 0 saturated carbocycles. The van der Waals surface area contributed by atoms with Crippen molar-refractivity contribution in [2.75, 3.05) is 6.61 Å². The highest BCUT2D eigenvalue weighted by atomic mass is 32.2. The van der Waals surface area contributed by atoms with Gasteiger partial charge in [-0.2, -0.15) is 13.2 Å². The van der Waals surface area contributed by atoms with Gasteiger partial charge in [0.25, 0.3) is 0 Å². The monoisotopic (exact) mass is 327 g/mol. The van der Waals surface area contributed by atoms with Crippen molar-refractivity contribution in [3.8, 4) is 0 Å². The molecule has 0 aliphatic rings. The van der Waals surface area contributed by atoms with E-state index in [1.807, 2.05) is 30.3 Å². The van der Waals surface area contributed by atoms with E-state index in [0.717, 1.165) is 11.1 Å². The third kappa shape index (κ3) is 5.36. The Bertz CT molecular complexity index is 572. The normalized spacial score (nSPS) is 13.1. The first kappa shape index (κ1) is 16.9. The zero-order valence-electron chi connectivity index (χ0n) is 11.7. The number of benzene rings is 2. The van der Waals surface area contributed by atoms with E-state index < -0.39 is 5.51 Å². The average molecular weight is 327 g/mol. The fourth-order valence-electron chi connectivity index (χ4n) is 2.02. The Balaban J connectivity index is 1.93. The van der Waals surface area contributed by atoms with Crippen LogP contribution in [0.4, 0.5) is 13.2 Å². The molecule has 1 unspecified atom stereocenters. The second-order valence-corrected chi connectivity index (χ2v) is 5.86. The Hall–Kier alpha value is -1.50. The zero-order valence-corrected chi connectivity index (χ0v) is 12.5. The van der Waals surface area contributed by atoms with Crippen LogP contribution in [0.25, 0.3) is 0 Å². The van der Waals surface area contributed by atoms with Crippen molar-refractivity contribution in [3.63, 3.8) is 0 Å². The molecule has 1 atom stereocenters. The van der Waals surface area contributed by atoms with Crippen LogP contribution in [0.3, 0.4) is 0 Å². The number of thioether (sulfide) groups is 1. The number of alkyl halides is 3.